The van der Waals surface area contributed by atoms with Gasteiger partial charge in [0.25, 0.3) is 0 Å². The van der Waals surface area contributed by atoms with Gasteiger partial charge < -0.3 is 24.1 Å². The van der Waals surface area contributed by atoms with Gasteiger partial charge in [-0.2, -0.15) is 0 Å². The number of hydrogen-bond donors (Lipinski definition) is 1. The molecule has 2 rings (SSSR count). The van der Waals surface area contributed by atoms with E-state index in [2.05, 4.69) is 0 Å². The molecule has 0 unspecified atom stereocenters. The molecule has 0 amide bonds. The Labute approximate surface area is 146 Å². The quantitative estimate of drug-likeness (QED) is 0.790. The van der Waals surface area contributed by atoms with Gasteiger partial charge in [0.15, 0.2) is 0 Å². The van der Waals surface area contributed by atoms with Gasteiger partial charge in [-0.05, 0) is 36.4 Å². The first-order chi connectivity index (χ1) is 12.0. The third-order valence-corrected chi connectivity index (χ3v) is 4.00. The van der Waals surface area contributed by atoms with E-state index in [1.807, 2.05) is 0 Å². The summed E-state index contributed by atoms with van der Waals surface area (Å²) in [5, 5.41) is 9.44. The van der Waals surface area contributed by atoms with Crippen molar-refractivity contribution >= 4 is 5.97 Å². The second-order valence-corrected chi connectivity index (χ2v) is 5.37. The van der Waals surface area contributed by atoms with Crippen LogP contribution in [0.25, 0.3) is 0 Å². The van der Waals surface area contributed by atoms with Gasteiger partial charge in [0, 0.05) is 17.0 Å². The summed E-state index contributed by atoms with van der Waals surface area (Å²) in [6.07, 6.45) is -0.132. The van der Waals surface area contributed by atoms with Crippen LogP contribution in [0, 0.1) is 0 Å². The van der Waals surface area contributed by atoms with Crippen LogP contribution in [0.4, 0.5) is 0 Å². The molecule has 0 fully saturated rings. The van der Waals surface area contributed by atoms with Crippen LogP contribution in [0.5, 0.6) is 23.0 Å². The molecular weight excluding hydrogens is 324 g/mol. The molecule has 6 heteroatoms. The third kappa shape index (κ3) is 4.15. The van der Waals surface area contributed by atoms with Gasteiger partial charge in [0.2, 0.25) is 0 Å². The Balaban J connectivity index is 2.67. The SMILES string of the molecule is COc1ccc(OC)c(C(CC(=O)O)c2cc(OC)ccc2OC)c1. The second kappa shape index (κ2) is 8.28. The number of carbonyl (C=O) groups is 1. The van der Waals surface area contributed by atoms with Crippen molar-refractivity contribution in [3.05, 3.63) is 47.5 Å². The van der Waals surface area contributed by atoms with Crippen LogP contribution < -0.4 is 18.9 Å². The van der Waals surface area contributed by atoms with Gasteiger partial charge in [-0.1, -0.05) is 0 Å². The van der Waals surface area contributed by atoms with Crippen LogP contribution in [0.15, 0.2) is 36.4 Å². The molecule has 0 aliphatic carbocycles. The maximum Gasteiger partial charge on any atom is 0.304 e. The Morgan fingerprint density at radius 1 is 0.840 bits per heavy atom. The Morgan fingerprint density at radius 3 is 1.60 bits per heavy atom. The minimum absolute atomic E-state index is 0.132. The molecule has 0 saturated heterocycles. The monoisotopic (exact) mass is 346 g/mol. The maximum absolute atomic E-state index is 11.5. The van der Waals surface area contributed by atoms with Gasteiger partial charge in [-0.15, -0.1) is 0 Å². The van der Waals surface area contributed by atoms with Crippen LogP contribution in [0.3, 0.4) is 0 Å². The Morgan fingerprint density at radius 2 is 1.28 bits per heavy atom. The number of carboxylic acids is 1. The highest BCUT2D eigenvalue weighted by atomic mass is 16.5. The molecule has 2 aromatic carbocycles. The number of benzene rings is 2. The Kier molecular flexibility index (Phi) is 6.11. The molecule has 134 valence electrons. The molecule has 1 N–H and O–H groups in total. The van der Waals surface area contributed by atoms with Crippen molar-refractivity contribution in [1.82, 2.24) is 0 Å². The first kappa shape index (κ1) is 18.4. The summed E-state index contributed by atoms with van der Waals surface area (Å²) in [5.41, 5.74) is 1.41. The lowest BCUT2D eigenvalue weighted by molar-refractivity contribution is -0.137. The number of ether oxygens (including phenoxy) is 4. The van der Waals surface area contributed by atoms with Crippen LogP contribution in [0.1, 0.15) is 23.5 Å². The third-order valence-electron chi connectivity index (χ3n) is 4.00. The maximum atomic E-state index is 11.5. The van der Waals surface area contributed by atoms with E-state index in [1.54, 1.807) is 64.8 Å². The van der Waals surface area contributed by atoms with Crippen LogP contribution >= 0.6 is 0 Å². The fraction of sp³-hybridized carbons (Fsp3) is 0.316. The minimum atomic E-state index is -0.931. The predicted octanol–water partition coefficient (Wildman–Crippen LogP) is 3.33. The normalized spacial score (nSPS) is 10.4. The predicted molar refractivity (Wildman–Crippen MR) is 93.2 cm³/mol. The highest BCUT2D eigenvalue weighted by Crippen LogP contribution is 2.41. The van der Waals surface area contributed by atoms with Crippen molar-refractivity contribution in [3.63, 3.8) is 0 Å². The fourth-order valence-electron chi connectivity index (χ4n) is 2.79. The average molecular weight is 346 g/mol. The lowest BCUT2D eigenvalue weighted by Crippen LogP contribution is -2.11. The van der Waals surface area contributed by atoms with Crippen LogP contribution in [0.2, 0.25) is 0 Å². The van der Waals surface area contributed by atoms with Crippen molar-refractivity contribution in [3.8, 4) is 23.0 Å². The summed E-state index contributed by atoms with van der Waals surface area (Å²) < 4.78 is 21.5. The lowest BCUT2D eigenvalue weighted by atomic mass is 9.87. The molecule has 0 spiro atoms. The molecule has 0 radical (unpaired) electrons. The van der Waals surface area contributed by atoms with E-state index in [4.69, 9.17) is 18.9 Å². The largest absolute Gasteiger partial charge is 0.497 e. The van der Waals surface area contributed by atoms with E-state index in [0.29, 0.717) is 34.1 Å². The molecule has 0 saturated carbocycles. The molecule has 0 aliphatic heterocycles. The number of hydrogen-bond acceptors (Lipinski definition) is 5. The molecule has 0 atom stereocenters. The summed E-state index contributed by atoms with van der Waals surface area (Å²) in [7, 11) is 6.21. The smallest absolute Gasteiger partial charge is 0.304 e. The van der Waals surface area contributed by atoms with Crippen molar-refractivity contribution in [2.45, 2.75) is 12.3 Å². The zero-order valence-corrected chi connectivity index (χ0v) is 14.7. The topological polar surface area (TPSA) is 74.2 Å². The highest BCUT2D eigenvalue weighted by Gasteiger charge is 2.25. The van der Waals surface area contributed by atoms with E-state index in [0.717, 1.165) is 0 Å². The van der Waals surface area contributed by atoms with Crippen LogP contribution in [-0.4, -0.2) is 39.5 Å². The standard InChI is InChI=1S/C19H22O6/c1-22-12-5-7-17(24-3)15(9-12)14(11-19(20)21)16-10-13(23-2)6-8-18(16)25-4/h5-10,14H,11H2,1-4H3,(H,20,21). The lowest BCUT2D eigenvalue weighted by Gasteiger charge is -2.22. The summed E-state index contributed by atoms with van der Waals surface area (Å²) >= 11 is 0. The number of rotatable bonds is 8. The zero-order valence-electron chi connectivity index (χ0n) is 14.7. The minimum Gasteiger partial charge on any atom is -0.497 e. The van der Waals surface area contributed by atoms with Crippen molar-refractivity contribution in [2.75, 3.05) is 28.4 Å². The fourth-order valence-corrected chi connectivity index (χ4v) is 2.79. The zero-order chi connectivity index (χ0) is 18.4. The van der Waals surface area contributed by atoms with Crippen molar-refractivity contribution < 1.29 is 28.8 Å². The molecule has 0 bridgehead atoms. The molecule has 25 heavy (non-hydrogen) atoms. The van der Waals surface area contributed by atoms with Gasteiger partial charge in [0.1, 0.15) is 23.0 Å². The van der Waals surface area contributed by atoms with Gasteiger partial charge in [0.05, 0.1) is 34.9 Å². The molecule has 0 heterocycles. The van der Waals surface area contributed by atoms with E-state index >= 15 is 0 Å². The molecular formula is C19H22O6. The summed E-state index contributed by atoms with van der Waals surface area (Å²) in [6.45, 7) is 0. The Bertz CT molecular complexity index is 685. The highest BCUT2D eigenvalue weighted by molar-refractivity contribution is 5.70. The van der Waals surface area contributed by atoms with E-state index < -0.39 is 11.9 Å². The second-order valence-electron chi connectivity index (χ2n) is 5.37. The Hall–Kier alpha value is -2.89. The van der Waals surface area contributed by atoms with E-state index in [-0.39, 0.29) is 6.42 Å². The molecule has 0 aromatic heterocycles. The number of carboxylic acid groups (broad SMARTS) is 1. The van der Waals surface area contributed by atoms with Crippen molar-refractivity contribution in [1.29, 1.82) is 0 Å². The summed E-state index contributed by atoms with van der Waals surface area (Å²) in [5.74, 6) is 0.974. The summed E-state index contributed by atoms with van der Waals surface area (Å²) in [6, 6.07) is 10.6. The van der Waals surface area contributed by atoms with E-state index in [9.17, 15) is 9.90 Å². The molecule has 2 aromatic rings. The van der Waals surface area contributed by atoms with Gasteiger partial charge in [-0.3, -0.25) is 4.79 Å². The molecule has 0 aliphatic rings. The number of methoxy groups -OCH3 is 4. The van der Waals surface area contributed by atoms with Gasteiger partial charge in [-0.25, -0.2) is 0 Å². The van der Waals surface area contributed by atoms with Gasteiger partial charge >= 0.3 is 5.97 Å². The first-order valence-corrected chi connectivity index (χ1v) is 7.69. The first-order valence-electron chi connectivity index (χ1n) is 7.69. The number of aliphatic carboxylic acids is 1. The van der Waals surface area contributed by atoms with Crippen LogP contribution in [-0.2, 0) is 4.79 Å². The summed E-state index contributed by atoms with van der Waals surface area (Å²) in [4.78, 5) is 11.5. The van der Waals surface area contributed by atoms with Crippen molar-refractivity contribution in [2.24, 2.45) is 0 Å². The van der Waals surface area contributed by atoms with E-state index in [1.165, 1.54) is 0 Å². The molecule has 6 nitrogen and oxygen atoms in total. The average Bonchev–Trinajstić information content (AvgIpc) is 2.64.